The molecule has 6 heteroatoms. The summed E-state index contributed by atoms with van der Waals surface area (Å²) in [5, 5.41) is 10.4. The third-order valence-electron chi connectivity index (χ3n) is 6.02. The number of carboxylic acids is 1. The molecular formula is C26H28ClN3O2. The molecule has 3 aromatic rings. The summed E-state index contributed by atoms with van der Waals surface area (Å²) < 4.78 is 0. The van der Waals surface area contributed by atoms with E-state index in [1.165, 1.54) is 11.8 Å². The van der Waals surface area contributed by atoms with Crippen LogP contribution in [-0.2, 0) is 19.4 Å². The number of aromatic nitrogens is 2. The van der Waals surface area contributed by atoms with Crippen molar-refractivity contribution in [3.63, 3.8) is 0 Å². The molecule has 4 rings (SSSR count). The number of carboxylic acid groups (broad SMARTS) is 1. The van der Waals surface area contributed by atoms with Gasteiger partial charge in [0.25, 0.3) is 0 Å². The molecule has 0 amide bonds. The Morgan fingerprint density at radius 3 is 2.66 bits per heavy atom. The fourth-order valence-electron chi connectivity index (χ4n) is 4.41. The summed E-state index contributed by atoms with van der Waals surface area (Å²) in [4.78, 5) is 23.5. The van der Waals surface area contributed by atoms with Crippen LogP contribution in [0.5, 0.6) is 0 Å². The molecule has 2 heterocycles. The Bertz CT molecular complexity index is 1060. The van der Waals surface area contributed by atoms with Crippen molar-refractivity contribution in [3.8, 4) is 0 Å². The van der Waals surface area contributed by atoms with Crippen molar-refractivity contribution in [1.29, 1.82) is 0 Å². The lowest BCUT2D eigenvalue weighted by Crippen LogP contribution is -2.34. The molecular weight excluding hydrogens is 422 g/mol. The van der Waals surface area contributed by atoms with E-state index in [4.69, 9.17) is 16.6 Å². The smallest absolute Gasteiger partial charge is 0.339 e. The second-order valence-corrected chi connectivity index (χ2v) is 8.78. The summed E-state index contributed by atoms with van der Waals surface area (Å²) in [7, 11) is 0. The van der Waals surface area contributed by atoms with Crippen molar-refractivity contribution in [2.45, 2.75) is 51.1 Å². The van der Waals surface area contributed by atoms with Gasteiger partial charge < -0.3 is 5.11 Å². The van der Waals surface area contributed by atoms with E-state index in [1.807, 2.05) is 36.4 Å². The minimum atomic E-state index is -0.967. The van der Waals surface area contributed by atoms with Gasteiger partial charge >= 0.3 is 5.97 Å². The van der Waals surface area contributed by atoms with Gasteiger partial charge in [0.15, 0.2) is 0 Å². The zero-order valence-corrected chi connectivity index (χ0v) is 18.8. The Morgan fingerprint density at radius 1 is 1.06 bits per heavy atom. The quantitative estimate of drug-likeness (QED) is 0.475. The van der Waals surface area contributed by atoms with Gasteiger partial charge in [-0.2, -0.15) is 0 Å². The molecule has 1 fully saturated rings. The van der Waals surface area contributed by atoms with E-state index in [9.17, 15) is 9.90 Å². The predicted molar refractivity (Wildman–Crippen MR) is 126 cm³/mol. The Kier molecular flexibility index (Phi) is 7.51. The van der Waals surface area contributed by atoms with Crippen LogP contribution in [0.15, 0.2) is 60.8 Å². The molecule has 0 saturated carbocycles. The van der Waals surface area contributed by atoms with E-state index in [2.05, 4.69) is 28.1 Å². The molecule has 1 N–H and O–H groups in total. The third-order valence-corrected chi connectivity index (χ3v) is 6.26. The number of hydrogen-bond acceptors (Lipinski definition) is 4. The molecule has 1 aromatic heterocycles. The lowest BCUT2D eigenvalue weighted by molar-refractivity contribution is 0.0694. The fourth-order valence-corrected chi connectivity index (χ4v) is 4.62. The number of halogens is 1. The molecule has 0 aliphatic carbocycles. The van der Waals surface area contributed by atoms with Crippen LogP contribution >= 0.6 is 11.6 Å². The molecule has 1 aliphatic rings. The van der Waals surface area contributed by atoms with E-state index in [0.717, 1.165) is 61.6 Å². The minimum Gasteiger partial charge on any atom is -0.478 e. The first kappa shape index (κ1) is 22.4. The third kappa shape index (κ3) is 5.72. The number of carbonyl (C=O) groups is 1. The molecule has 1 saturated heterocycles. The average molecular weight is 450 g/mol. The normalized spacial score (nSPS) is 16.7. The number of likely N-dealkylation sites (tertiary alicyclic amines) is 1. The topological polar surface area (TPSA) is 66.3 Å². The standard InChI is InChI=1S/C26H28ClN3O2/c27-21-12-6-11-20(16-21)18-30-15-5-4-14-24(30)25-28-17-22(26(31)32)23(29-25)13-7-10-19-8-2-1-3-9-19/h1-3,6,8-9,11-12,16-17,24H,4-5,7,10,13-15,18H2,(H,31,32). The second-order valence-electron chi connectivity index (χ2n) is 8.34. The van der Waals surface area contributed by atoms with Crippen molar-refractivity contribution < 1.29 is 9.90 Å². The lowest BCUT2D eigenvalue weighted by atomic mass is 9.99. The summed E-state index contributed by atoms with van der Waals surface area (Å²) in [6.45, 7) is 1.74. The maximum Gasteiger partial charge on any atom is 0.339 e. The zero-order chi connectivity index (χ0) is 22.3. The number of benzene rings is 2. The van der Waals surface area contributed by atoms with Gasteiger partial charge in [-0.25, -0.2) is 14.8 Å². The highest BCUT2D eigenvalue weighted by atomic mass is 35.5. The summed E-state index contributed by atoms with van der Waals surface area (Å²) in [6, 6.07) is 18.3. The van der Waals surface area contributed by atoms with Crippen LogP contribution in [0, 0.1) is 0 Å². The largest absolute Gasteiger partial charge is 0.478 e. The highest BCUT2D eigenvalue weighted by Crippen LogP contribution is 2.31. The van der Waals surface area contributed by atoms with E-state index in [0.29, 0.717) is 12.1 Å². The van der Waals surface area contributed by atoms with Crippen LogP contribution in [0.4, 0.5) is 0 Å². The van der Waals surface area contributed by atoms with Crippen LogP contribution in [0.2, 0.25) is 5.02 Å². The second kappa shape index (κ2) is 10.7. The number of rotatable bonds is 8. The molecule has 166 valence electrons. The van der Waals surface area contributed by atoms with Gasteiger partial charge in [-0.05, 0) is 61.9 Å². The van der Waals surface area contributed by atoms with Gasteiger partial charge in [0, 0.05) is 17.8 Å². The molecule has 0 bridgehead atoms. The van der Waals surface area contributed by atoms with Gasteiger partial charge in [-0.15, -0.1) is 0 Å². The maximum atomic E-state index is 11.8. The molecule has 1 atom stereocenters. The molecule has 2 aromatic carbocycles. The average Bonchev–Trinajstić information content (AvgIpc) is 2.80. The SMILES string of the molecule is O=C(O)c1cnc(C2CCCCN2Cc2cccc(Cl)c2)nc1CCCc1ccccc1. The first-order chi connectivity index (χ1) is 15.6. The van der Waals surface area contributed by atoms with Crippen molar-refractivity contribution in [3.05, 3.63) is 94.0 Å². The predicted octanol–water partition coefficient (Wildman–Crippen LogP) is 5.73. The van der Waals surface area contributed by atoms with Crippen LogP contribution in [0.3, 0.4) is 0 Å². The first-order valence-corrected chi connectivity index (χ1v) is 11.6. The molecule has 0 radical (unpaired) electrons. The number of piperidine rings is 1. The fraction of sp³-hybridized carbons (Fsp3) is 0.346. The Morgan fingerprint density at radius 2 is 1.88 bits per heavy atom. The number of aromatic carboxylic acids is 1. The highest BCUT2D eigenvalue weighted by Gasteiger charge is 2.27. The van der Waals surface area contributed by atoms with Gasteiger partial charge in [-0.3, -0.25) is 4.90 Å². The minimum absolute atomic E-state index is 0.0819. The molecule has 0 spiro atoms. The van der Waals surface area contributed by atoms with Gasteiger partial charge in [-0.1, -0.05) is 60.5 Å². The van der Waals surface area contributed by atoms with E-state index < -0.39 is 5.97 Å². The monoisotopic (exact) mass is 449 g/mol. The Labute approximate surface area is 194 Å². The Balaban J connectivity index is 1.53. The van der Waals surface area contributed by atoms with Crippen molar-refractivity contribution in [1.82, 2.24) is 14.9 Å². The zero-order valence-electron chi connectivity index (χ0n) is 18.1. The van der Waals surface area contributed by atoms with Crippen molar-refractivity contribution in [2.24, 2.45) is 0 Å². The number of nitrogens with zero attached hydrogens (tertiary/aromatic N) is 3. The van der Waals surface area contributed by atoms with Crippen molar-refractivity contribution >= 4 is 17.6 Å². The summed E-state index contributed by atoms with van der Waals surface area (Å²) in [5.41, 5.74) is 3.25. The first-order valence-electron chi connectivity index (χ1n) is 11.2. The molecule has 1 unspecified atom stereocenters. The van der Waals surface area contributed by atoms with E-state index in [1.54, 1.807) is 0 Å². The van der Waals surface area contributed by atoms with Crippen LogP contribution in [-0.4, -0.2) is 32.5 Å². The summed E-state index contributed by atoms with van der Waals surface area (Å²) >= 11 is 6.18. The number of aryl methyl sites for hydroxylation is 2. The van der Waals surface area contributed by atoms with E-state index in [-0.39, 0.29) is 11.6 Å². The van der Waals surface area contributed by atoms with Gasteiger partial charge in [0.2, 0.25) is 0 Å². The van der Waals surface area contributed by atoms with Gasteiger partial charge in [0.05, 0.1) is 17.3 Å². The summed E-state index contributed by atoms with van der Waals surface area (Å²) in [5.74, 6) is -0.239. The van der Waals surface area contributed by atoms with Crippen LogP contribution in [0.25, 0.3) is 0 Å². The Hall–Kier alpha value is -2.76. The van der Waals surface area contributed by atoms with Crippen molar-refractivity contribution in [2.75, 3.05) is 6.54 Å². The molecule has 1 aliphatic heterocycles. The van der Waals surface area contributed by atoms with Crippen LogP contribution < -0.4 is 0 Å². The molecule has 32 heavy (non-hydrogen) atoms. The number of hydrogen-bond donors (Lipinski definition) is 1. The van der Waals surface area contributed by atoms with E-state index >= 15 is 0 Å². The lowest BCUT2D eigenvalue weighted by Gasteiger charge is -2.35. The maximum absolute atomic E-state index is 11.8. The molecule has 5 nitrogen and oxygen atoms in total. The summed E-state index contributed by atoms with van der Waals surface area (Å²) in [6.07, 6.45) is 7.07. The van der Waals surface area contributed by atoms with Crippen LogP contribution in [0.1, 0.15) is 64.7 Å². The van der Waals surface area contributed by atoms with Gasteiger partial charge in [0.1, 0.15) is 5.82 Å². The highest BCUT2D eigenvalue weighted by molar-refractivity contribution is 6.30.